The van der Waals surface area contributed by atoms with Crippen LogP contribution in [0.2, 0.25) is 0 Å². The Balaban J connectivity index is 3.73. The van der Waals surface area contributed by atoms with Crippen LogP contribution in [0.3, 0.4) is 0 Å². The minimum atomic E-state index is 0.336. The first-order chi connectivity index (χ1) is 6.33. The molecule has 0 aliphatic carbocycles. The van der Waals surface area contributed by atoms with E-state index >= 15 is 0 Å². The molecule has 0 aromatic carbocycles. The molecule has 0 aromatic rings. The largest absolute Gasteiger partial charge is 0.330 e. The van der Waals surface area contributed by atoms with Crippen molar-refractivity contribution in [1.29, 1.82) is 0 Å². The van der Waals surface area contributed by atoms with E-state index < -0.39 is 0 Å². The fraction of sp³-hybridized carbons (Fsp3) is 1.00. The molecule has 0 unspecified atom stereocenters. The molecule has 0 fully saturated rings. The summed E-state index contributed by atoms with van der Waals surface area (Å²) in [7, 11) is 0. The molecular formula is C13H29N. The number of hydrogen-bond donors (Lipinski definition) is 1. The van der Waals surface area contributed by atoms with Gasteiger partial charge in [0.05, 0.1) is 0 Å². The predicted octanol–water partition coefficient (Wildman–Crippen LogP) is 3.97. The van der Waals surface area contributed by atoms with Crippen molar-refractivity contribution in [3.05, 3.63) is 0 Å². The highest BCUT2D eigenvalue weighted by Gasteiger charge is 2.19. The summed E-state index contributed by atoms with van der Waals surface area (Å²) >= 11 is 0. The van der Waals surface area contributed by atoms with Gasteiger partial charge in [0.25, 0.3) is 0 Å². The molecule has 0 atom stereocenters. The third-order valence-electron chi connectivity index (χ3n) is 3.19. The van der Waals surface area contributed by atoms with Crippen LogP contribution in [0, 0.1) is 10.8 Å². The molecule has 0 heterocycles. The zero-order chi connectivity index (χ0) is 11.2. The molecule has 0 rings (SSSR count). The molecule has 14 heavy (non-hydrogen) atoms. The standard InChI is InChI=1S/C13H29N/c1-6-8-12(2,3)9-7-10-13(4,5)11-14/h6-11,14H2,1-5H3. The SMILES string of the molecule is CCCC(C)(C)CCCC(C)(C)CN. The lowest BCUT2D eigenvalue weighted by molar-refractivity contribution is 0.257. The van der Waals surface area contributed by atoms with Gasteiger partial charge in [-0.1, -0.05) is 47.5 Å². The van der Waals surface area contributed by atoms with Crippen LogP contribution in [0.25, 0.3) is 0 Å². The van der Waals surface area contributed by atoms with Crippen molar-refractivity contribution in [2.24, 2.45) is 16.6 Å². The monoisotopic (exact) mass is 199 g/mol. The lowest BCUT2D eigenvalue weighted by Gasteiger charge is -2.27. The van der Waals surface area contributed by atoms with Crippen LogP contribution in [0.15, 0.2) is 0 Å². The topological polar surface area (TPSA) is 26.0 Å². The van der Waals surface area contributed by atoms with Crippen molar-refractivity contribution in [3.63, 3.8) is 0 Å². The zero-order valence-corrected chi connectivity index (χ0v) is 10.8. The molecule has 0 amide bonds. The van der Waals surface area contributed by atoms with Gasteiger partial charge in [-0.2, -0.15) is 0 Å². The van der Waals surface area contributed by atoms with Crippen LogP contribution in [0.1, 0.15) is 66.7 Å². The maximum atomic E-state index is 5.71. The fourth-order valence-corrected chi connectivity index (χ4v) is 1.95. The predicted molar refractivity (Wildman–Crippen MR) is 65.4 cm³/mol. The Bertz CT molecular complexity index is 147. The highest BCUT2D eigenvalue weighted by molar-refractivity contribution is 4.73. The van der Waals surface area contributed by atoms with Crippen molar-refractivity contribution >= 4 is 0 Å². The van der Waals surface area contributed by atoms with Gasteiger partial charge in [0.1, 0.15) is 0 Å². The average Bonchev–Trinajstić information content (AvgIpc) is 2.03. The lowest BCUT2D eigenvalue weighted by Crippen LogP contribution is -2.24. The highest BCUT2D eigenvalue weighted by Crippen LogP contribution is 2.31. The van der Waals surface area contributed by atoms with Gasteiger partial charge in [-0.3, -0.25) is 0 Å². The van der Waals surface area contributed by atoms with Crippen molar-refractivity contribution in [2.75, 3.05) is 6.54 Å². The van der Waals surface area contributed by atoms with Crippen LogP contribution in [-0.2, 0) is 0 Å². The van der Waals surface area contributed by atoms with Gasteiger partial charge < -0.3 is 5.73 Å². The lowest BCUT2D eigenvalue weighted by atomic mass is 9.79. The highest BCUT2D eigenvalue weighted by atomic mass is 14.6. The third-order valence-corrected chi connectivity index (χ3v) is 3.19. The minimum Gasteiger partial charge on any atom is -0.330 e. The van der Waals surface area contributed by atoms with E-state index in [1.807, 2.05) is 0 Å². The molecule has 2 N–H and O–H groups in total. The Hall–Kier alpha value is -0.0400. The normalized spacial score (nSPS) is 13.3. The van der Waals surface area contributed by atoms with Gasteiger partial charge in [0.15, 0.2) is 0 Å². The first-order valence-corrected chi connectivity index (χ1v) is 6.03. The molecule has 0 radical (unpaired) electrons. The second-order valence-electron chi connectivity index (χ2n) is 6.14. The Labute approximate surface area is 90.5 Å². The first kappa shape index (κ1) is 14.0. The molecule has 0 aliphatic rings. The molecule has 86 valence electrons. The van der Waals surface area contributed by atoms with E-state index in [0.29, 0.717) is 10.8 Å². The maximum Gasteiger partial charge on any atom is -0.00258 e. The van der Waals surface area contributed by atoms with E-state index in [0.717, 1.165) is 6.54 Å². The van der Waals surface area contributed by atoms with Crippen LogP contribution in [0.4, 0.5) is 0 Å². The Morgan fingerprint density at radius 3 is 1.79 bits per heavy atom. The second-order valence-corrected chi connectivity index (χ2v) is 6.14. The molecule has 0 spiro atoms. The Morgan fingerprint density at radius 1 is 0.857 bits per heavy atom. The molecule has 1 nitrogen and oxygen atoms in total. The molecule has 0 bridgehead atoms. The fourth-order valence-electron chi connectivity index (χ4n) is 1.95. The Kier molecular flexibility index (Phi) is 5.73. The van der Waals surface area contributed by atoms with Crippen LogP contribution >= 0.6 is 0 Å². The van der Waals surface area contributed by atoms with Crippen LogP contribution in [-0.4, -0.2) is 6.54 Å². The quantitative estimate of drug-likeness (QED) is 0.659. The summed E-state index contributed by atoms with van der Waals surface area (Å²) in [5.41, 5.74) is 6.58. The van der Waals surface area contributed by atoms with E-state index in [-0.39, 0.29) is 0 Å². The van der Waals surface area contributed by atoms with Gasteiger partial charge in [0, 0.05) is 0 Å². The van der Waals surface area contributed by atoms with Crippen LogP contribution < -0.4 is 5.73 Å². The molecule has 0 saturated carbocycles. The second kappa shape index (κ2) is 5.75. The molecule has 0 saturated heterocycles. The van der Waals surface area contributed by atoms with Gasteiger partial charge in [-0.05, 0) is 36.6 Å². The summed E-state index contributed by atoms with van der Waals surface area (Å²) in [5.74, 6) is 0. The van der Waals surface area contributed by atoms with Crippen molar-refractivity contribution in [3.8, 4) is 0 Å². The van der Waals surface area contributed by atoms with E-state index in [1.165, 1.54) is 32.1 Å². The number of rotatable bonds is 7. The van der Waals surface area contributed by atoms with Gasteiger partial charge in [0.2, 0.25) is 0 Å². The van der Waals surface area contributed by atoms with Crippen molar-refractivity contribution < 1.29 is 0 Å². The molecule has 0 aliphatic heterocycles. The van der Waals surface area contributed by atoms with Crippen molar-refractivity contribution in [2.45, 2.75) is 66.7 Å². The van der Waals surface area contributed by atoms with E-state index in [9.17, 15) is 0 Å². The van der Waals surface area contributed by atoms with E-state index in [4.69, 9.17) is 5.73 Å². The van der Waals surface area contributed by atoms with E-state index in [2.05, 4.69) is 34.6 Å². The summed E-state index contributed by atoms with van der Waals surface area (Å²) in [4.78, 5) is 0. The molecular weight excluding hydrogens is 170 g/mol. The molecule has 0 aromatic heterocycles. The van der Waals surface area contributed by atoms with Gasteiger partial charge >= 0.3 is 0 Å². The van der Waals surface area contributed by atoms with E-state index in [1.54, 1.807) is 0 Å². The number of hydrogen-bond acceptors (Lipinski definition) is 1. The summed E-state index contributed by atoms with van der Waals surface area (Å²) < 4.78 is 0. The molecule has 1 heteroatoms. The zero-order valence-electron chi connectivity index (χ0n) is 10.8. The third kappa shape index (κ3) is 6.42. The summed E-state index contributed by atoms with van der Waals surface area (Å²) in [6.45, 7) is 12.4. The first-order valence-electron chi connectivity index (χ1n) is 6.03. The van der Waals surface area contributed by atoms with Crippen LogP contribution in [0.5, 0.6) is 0 Å². The minimum absolute atomic E-state index is 0.336. The van der Waals surface area contributed by atoms with Crippen molar-refractivity contribution in [1.82, 2.24) is 0 Å². The average molecular weight is 199 g/mol. The summed E-state index contributed by atoms with van der Waals surface area (Å²) in [6.07, 6.45) is 6.56. The summed E-state index contributed by atoms with van der Waals surface area (Å²) in [5, 5.41) is 0. The van der Waals surface area contributed by atoms with Gasteiger partial charge in [-0.15, -0.1) is 0 Å². The smallest absolute Gasteiger partial charge is 0.00258 e. The Morgan fingerprint density at radius 2 is 1.36 bits per heavy atom. The van der Waals surface area contributed by atoms with Gasteiger partial charge in [-0.25, -0.2) is 0 Å². The maximum absolute atomic E-state index is 5.71. The number of nitrogens with two attached hydrogens (primary N) is 1. The summed E-state index contributed by atoms with van der Waals surface area (Å²) in [6, 6.07) is 0.